The second-order valence-corrected chi connectivity index (χ2v) is 5.24. The van der Waals surface area contributed by atoms with E-state index in [2.05, 4.69) is 0 Å². The second kappa shape index (κ2) is 4.35. The molecule has 0 aromatic carbocycles. The fourth-order valence-electron chi connectivity index (χ4n) is 0.144. The molecule has 0 aliphatic rings. The van der Waals surface area contributed by atoms with Crippen molar-refractivity contribution in [3.8, 4) is 0 Å². The van der Waals surface area contributed by atoms with Gasteiger partial charge in [-0.15, -0.1) is 0 Å². The largest absolute Gasteiger partial charge is 2.00 e. The number of hydrogen-bond acceptors (Lipinski definition) is 6. The molecule has 0 aromatic heterocycles. The molecular formula is C2H4CaO6S2. The average molecular weight is 228 g/mol. The normalized spacial score (nSPS) is 12.7. The van der Waals surface area contributed by atoms with Crippen LogP contribution >= 0.6 is 0 Å². The maximum Gasteiger partial charge on any atom is 2.00 e. The molecule has 9 heteroatoms. The Morgan fingerprint density at radius 1 is 1.00 bits per heavy atom. The van der Waals surface area contributed by atoms with E-state index in [1.54, 1.807) is 0 Å². The van der Waals surface area contributed by atoms with Gasteiger partial charge >= 0.3 is 37.7 Å². The van der Waals surface area contributed by atoms with Gasteiger partial charge in [0.15, 0.2) is 0 Å². The van der Waals surface area contributed by atoms with Crippen LogP contribution in [0.1, 0.15) is 6.92 Å². The van der Waals surface area contributed by atoms with Gasteiger partial charge in [-0.1, -0.05) is 0 Å². The van der Waals surface area contributed by atoms with Crippen LogP contribution in [0.4, 0.5) is 0 Å². The molecular weight excluding hydrogens is 224 g/mol. The van der Waals surface area contributed by atoms with E-state index in [4.69, 9.17) is 0 Å². The smallest absolute Gasteiger partial charge is 0.747 e. The fourth-order valence-corrected chi connectivity index (χ4v) is 1.30. The molecule has 0 unspecified atom stereocenters. The summed E-state index contributed by atoms with van der Waals surface area (Å²) >= 11 is 0. The summed E-state index contributed by atoms with van der Waals surface area (Å²) in [4.78, 5) is 0. The van der Waals surface area contributed by atoms with Crippen molar-refractivity contribution in [2.24, 2.45) is 0 Å². The SMILES string of the molecule is CC(S(=O)(=O)[O-])S(=O)(=O)[O-].[Ca+2]. The average Bonchev–Trinajstić information content (AvgIpc) is 1.59. The van der Waals surface area contributed by atoms with Gasteiger partial charge in [0.2, 0.25) is 0 Å². The zero-order chi connectivity index (χ0) is 8.58. The minimum Gasteiger partial charge on any atom is -0.747 e. The quantitative estimate of drug-likeness (QED) is 0.400. The van der Waals surface area contributed by atoms with Crippen LogP contribution < -0.4 is 0 Å². The Hall–Kier alpha value is 1.08. The van der Waals surface area contributed by atoms with Gasteiger partial charge in [-0.05, 0) is 6.92 Å². The van der Waals surface area contributed by atoms with Gasteiger partial charge in [0.25, 0.3) is 0 Å². The van der Waals surface area contributed by atoms with Gasteiger partial charge in [0.1, 0.15) is 24.8 Å². The minimum absolute atomic E-state index is 0. The molecule has 0 fully saturated rings. The first-order valence-electron chi connectivity index (χ1n) is 2.05. The van der Waals surface area contributed by atoms with Crippen LogP contribution in [-0.4, -0.2) is 68.3 Å². The molecule has 0 amide bonds. The van der Waals surface area contributed by atoms with Gasteiger partial charge in [-0.2, -0.15) is 0 Å². The van der Waals surface area contributed by atoms with Gasteiger partial charge in [0, 0.05) is 0 Å². The molecule has 0 rings (SSSR count). The topological polar surface area (TPSA) is 114 Å². The Kier molecular flexibility index (Phi) is 5.78. The van der Waals surface area contributed by atoms with Gasteiger partial charge in [-0.3, -0.25) is 0 Å². The molecule has 11 heavy (non-hydrogen) atoms. The van der Waals surface area contributed by atoms with E-state index in [1.165, 1.54) is 0 Å². The third-order valence-electron chi connectivity index (χ3n) is 0.813. The van der Waals surface area contributed by atoms with E-state index in [1.807, 2.05) is 0 Å². The predicted octanol–water partition coefficient (Wildman–Crippen LogP) is -1.96. The van der Waals surface area contributed by atoms with E-state index < -0.39 is 24.8 Å². The maximum atomic E-state index is 9.84. The molecule has 0 saturated heterocycles. The summed E-state index contributed by atoms with van der Waals surface area (Å²) in [6, 6.07) is 0. The number of rotatable bonds is 2. The summed E-state index contributed by atoms with van der Waals surface area (Å²) in [7, 11) is -10.0. The first kappa shape index (κ1) is 14.6. The third kappa shape index (κ3) is 5.34. The van der Waals surface area contributed by atoms with Crippen LogP contribution in [0.2, 0.25) is 0 Å². The molecule has 0 saturated carbocycles. The maximum absolute atomic E-state index is 9.84. The van der Waals surface area contributed by atoms with E-state index in [9.17, 15) is 25.9 Å². The molecule has 0 spiro atoms. The summed E-state index contributed by atoms with van der Waals surface area (Å²) in [5, 5.41) is 0. The van der Waals surface area contributed by atoms with Gasteiger partial charge < -0.3 is 9.11 Å². The van der Waals surface area contributed by atoms with Crippen LogP contribution in [0.25, 0.3) is 0 Å². The van der Waals surface area contributed by atoms with E-state index in [0.29, 0.717) is 6.92 Å². The van der Waals surface area contributed by atoms with Crippen molar-refractivity contribution in [3.63, 3.8) is 0 Å². The molecule has 62 valence electrons. The Morgan fingerprint density at radius 2 is 1.18 bits per heavy atom. The van der Waals surface area contributed by atoms with Crippen LogP contribution in [0.3, 0.4) is 0 Å². The predicted molar refractivity (Wildman–Crippen MR) is 34.6 cm³/mol. The second-order valence-electron chi connectivity index (χ2n) is 1.55. The molecule has 0 N–H and O–H groups in total. The zero-order valence-corrected chi connectivity index (χ0v) is 9.39. The van der Waals surface area contributed by atoms with Crippen molar-refractivity contribution in [2.45, 2.75) is 11.5 Å². The Bertz CT molecular complexity index is 267. The van der Waals surface area contributed by atoms with Gasteiger partial charge in [-0.25, -0.2) is 16.8 Å². The monoisotopic (exact) mass is 228 g/mol. The summed E-state index contributed by atoms with van der Waals surface area (Å²) in [5.41, 5.74) is 0. The molecule has 0 bridgehead atoms. The van der Waals surface area contributed by atoms with Crippen molar-refractivity contribution >= 4 is 58.0 Å². The first-order valence-corrected chi connectivity index (χ1v) is 4.99. The molecule has 6 nitrogen and oxygen atoms in total. The molecule has 0 heterocycles. The Morgan fingerprint density at radius 3 is 1.18 bits per heavy atom. The third-order valence-corrected chi connectivity index (χ3v) is 3.85. The van der Waals surface area contributed by atoms with Crippen LogP contribution in [-0.2, 0) is 20.2 Å². The molecule has 0 aliphatic carbocycles. The summed E-state index contributed by atoms with van der Waals surface area (Å²) < 4.78 is 56.7. The van der Waals surface area contributed by atoms with E-state index in [-0.39, 0.29) is 37.7 Å². The van der Waals surface area contributed by atoms with Crippen molar-refractivity contribution in [3.05, 3.63) is 0 Å². The number of hydrogen-bond donors (Lipinski definition) is 0. The molecule has 0 aromatic rings. The van der Waals surface area contributed by atoms with Crippen LogP contribution in [0.5, 0.6) is 0 Å². The Labute approximate surface area is 94.5 Å². The fraction of sp³-hybridized carbons (Fsp3) is 1.00. The first-order chi connectivity index (χ1) is 4.15. The summed E-state index contributed by atoms with van der Waals surface area (Å²) in [6.07, 6.45) is 0. The van der Waals surface area contributed by atoms with E-state index in [0.717, 1.165) is 0 Å². The zero-order valence-electron chi connectivity index (χ0n) is 5.55. The summed E-state index contributed by atoms with van der Waals surface area (Å²) in [5.74, 6) is 0. The van der Waals surface area contributed by atoms with Crippen molar-refractivity contribution in [2.75, 3.05) is 0 Å². The Balaban J connectivity index is 0. The standard InChI is InChI=1S/C2H6O6S2.Ca/c1-2(9(3,4)5)10(6,7)8;/h2H,1H3,(H,3,4,5)(H,6,7,8);/q;+2/p-2. The van der Waals surface area contributed by atoms with Gasteiger partial charge in [0.05, 0.1) is 0 Å². The van der Waals surface area contributed by atoms with Crippen molar-refractivity contribution in [1.29, 1.82) is 0 Å². The molecule has 0 atom stereocenters. The van der Waals surface area contributed by atoms with Crippen LogP contribution in [0, 0.1) is 0 Å². The van der Waals surface area contributed by atoms with Crippen LogP contribution in [0.15, 0.2) is 0 Å². The van der Waals surface area contributed by atoms with E-state index >= 15 is 0 Å². The summed E-state index contributed by atoms with van der Waals surface area (Å²) in [6.45, 7) is 0.532. The van der Waals surface area contributed by atoms with Crippen molar-refractivity contribution < 1.29 is 25.9 Å². The molecule has 0 radical (unpaired) electrons. The minimum atomic E-state index is -5.01. The van der Waals surface area contributed by atoms with Crippen molar-refractivity contribution in [1.82, 2.24) is 0 Å². The molecule has 0 aliphatic heterocycles.